The minimum atomic E-state index is 0.242. The van der Waals surface area contributed by atoms with Gasteiger partial charge in [0.25, 0.3) is 0 Å². The zero-order valence-corrected chi connectivity index (χ0v) is 9.02. The van der Waals surface area contributed by atoms with E-state index >= 15 is 0 Å². The molecule has 1 atom stereocenters. The van der Waals surface area contributed by atoms with E-state index in [0.717, 1.165) is 31.0 Å². The highest BCUT2D eigenvalue weighted by molar-refractivity contribution is 4.99. The van der Waals surface area contributed by atoms with E-state index in [2.05, 4.69) is 14.8 Å². The van der Waals surface area contributed by atoms with Crippen LogP contribution in [-0.2, 0) is 24.3 Å². The average molecular weight is 211 g/mol. The third kappa shape index (κ3) is 2.18. The molecule has 84 valence electrons. The van der Waals surface area contributed by atoms with Crippen molar-refractivity contribution in [3.8, 4) is 0 Å². The number of hydrogen-bond donors (Lipinski definition) is 1. The maximum atomic E-state index is 9.14. The first-order valence-electron chi connectivity index (χ1n) is 5.44. The summed E-state index contributed by atoms with van der Waals surface area (Å²) in [4.78, 5) is 0. The van der Waals surface area contributed by atoms with Crippen LogP contribution in [-0.4, -0.2) is 33.1 Å². The van der Waals surface area contributed by atoms with Gasteiger partial charge in [0.15, 0.2) is 5.82 Å². The van der Waals surface area contributed by atoms with Crippen LogP contribution in [0.1, 0.15) is 25.0 Å². The molecule has 5 nitrogen and oxygen atoms in total. The highest BCUT2D eigenvalue weighted by atomic mass is 16.5. The van der Waals surface area contributed by atoms with E-state index < -0.39 is 0 Å². The SMILES string of the molecule is CCOCc1nnc2n1CC(CO)CC2. The van der Waals surface area contributed by atoms with Crippen LogP contribution >= 0.6 is 0 Å². The van der Waals surface area contributed by atoms with Gasteiger partial charge in [0.1, 0.15) is 12.4 Å². The van der Waals surface area contributed by atoms with Gasteiger partial charge < -0.3 is 14.4 Å². The Balaban J connectivity index is 2.10. The number of ether oxygens (including phenoxy) is 1. The minimum Gasteiger partial charge on any atom is -0.396 e. The van der Waals surface area contributed by atoms with Crippen molar-refractivity contribution >= 4 is 0 Å². The summed E-state index contributed by atoms with van der Waals surface area (Å²) in [7, 11) is 0. The van der Waals surface area contributed by atoms with Gasteiger partial charge in [-0.05, 0) is 13.3 Å². The summed E-state index contributed by atoms with van der Waals surface area (Å²) in [6, 6.07) is 0. The third-order valence-corrected chi connectivity index (χ3v) is 2.81. The number of aliphatic hydroxyl groups is 1. The molecule has 0 saturated heterocycles. The van der Waals surface area contributed by atoms with Crippen molar-refractivity contribution in [3.05, 3.63) is 11.6 Å². The van der Waals surface area contributed by atoms with Crippen molar-refractivity contribution < 1.29 is 9.84 Å². The maximum absolute atomic E-state index is 9.14. The first-order valence-corrected chi connectivity index (χ1v) is 5.44. The van der Waals surface area contributed by atoms with Gasteiger partial charge in [-0.15, -0.1) is 10.2 Å². The fourth-order valence-electron chi connectivity index (χ4n) is 1.90. The van der Waals surface area contributed by atoms with Gasteiger partial charge in [-0.25, -0.2) is 0 Å². The van der Waals surface area contributed by atoms with E-state index in [1.54, 1.807) is 0 Å². The van der Waals surface area contributed by atoms with Crippen LogP contribution < -0.4 is 0 Å². The Morgan fingerprint density at radius 3 is 3.13 bits per heavy atom. The fraction of sp³-hybridized carbons (Fsp3) is 0.800. The van der Waals surface area contributed by atoms with Crippen LogP contribution in [0.3, 0.4) is 0 Å². The summed E-state index contributed by atoms with van der Waals surface area (Å²) in [5.41, 5.74) is 0. The van der Waals surface area contributed by atoms with Crippen LogP contribution in [0.4, 0.5) is 0 Å². The monoisotopic (exact) mass is 211 g/mol. The van der Waals surface area contributed by atoms with Crippen LogP contribution in [0.2, 0.25) is 0 Å². The van der Waals surface area contributed by atoms with Crippen LogP contribution in [0.25, 0.3) is 0 Å². The Kier molecular flexibility index (Phi) is 3.33. The highest BCUT2D eigenvalue weighted by Gasteiger charge is 2.21. The second-order valence-corrected chi connectivity index (χ2v) is 3.87. The molecule has 0 fully saturated rings. The Morgan fingerprint density at radius 2 is 2.40 bits per heavy atom. The molecule has 1 aliphatic heterocycles. The topological polar surface area (TPSA) is 60.2 Å². The predicted molar refractivity (Wildman–Crippen MR) is 54.2 cm³/mol. The lowest BCUT2D eigenvalue weighted by Crippen LogP contribution is -2.24. The first kappa shape index (κ1) is 10.6. The number of aliphatic hydroxyl groups excluding tert-OH is 1. The van der Waals surface area contributed by atoms with Crippen molar-refractivity contribution in [2.75, 3.05) is 13.2 Å². The molecule has 2 heterocycles. The zero-order valence-electron chi connectivity index (χ0n) is 9.02. The highest BCUT2D eigenvalue weighted by Crippen LogP contribution is 2.19. The Labute approximate surface area is 89.1 Å². The molecule has 1 aromatic rings. The summed E-state index contributed by atoms with van der Waals surface area (Å²) in [5.74, 6) is 2.24. The molecule has 0 bridgehead atoms. The molecule has 2 rings (SSSR count). The Morgan fingerprint density at radius 1 is 1.53 bits per heavy atom. The molecule has 0 aromatic carbocycles. The molecule has 1 unspecified atom stereocenters. The van der Waals surface area contributed by atoms with Gasteiger partial charge in [-0.2, -0.15) is 0 Å². The van der Waals surface area contributed by atoms with Crippen LogP contribution in [0.5, 0.6) is 0 Å². The molecule has 15 heavy (non-hydrogen) atoms. The second kappa shape index (κ2) is 4.72. The van der Waals surface area contributed by atoms with Crippen molar-refractivity contribution in [2.45, 2.75) is 32.9 Å². The molecular formula is C10H17N3O2. The zero-order chi connectivity index (χ0) is 10.7. The minimum absolute atomic E-state index is 0.242. The lowest BCUT2D eigenvalue weighted by molar-refractivity contribution is 0.121. The number of aromatic nitrogens is 3. The third-order valence-electron chi connectivity index (χ3n) is 2.81. The molecule has 5 heteroatoms. The fourth-order valence-corrected chi connectivity index (χ4v) is 1.90. The number of fused-ring (bicyclic) bond motifs is 1. The van der Waals surface area contributed by atoms with Crippen LogP contribution in [0, 0.1) is 5.92 Å². The molecule has 1 aliphatic rings. The van der Waals surface area contributed by atoms with Crippen molar-refractivity contribution in [3.63, 3.8) is 0 Å². The number of nitrogens with zero attached hydrogens (tertiary/aromatic N) is 3. The van der Waals surface area contributed by atoms with E-state index in [0.29, 0.717) is 19.1 Å². The lowest BCUT2D eigenvalue weighted by atomic mass is 10.0. The number of aryl methyl sites for hydroxylation is 1. The summed E-state index contributed by atoms with van der Waals surface area (Å²) in [6.45, 7) is 4.23. The average Bonchev–Trinajstić information content (AvgIpc) is 2.68. The molecule has 1 N–H and O–H groups in total. The Bertz CT molecular complexity index is 324. The van der Waals surface area contributed by atoms with Gasteiger partial charge in [0, 0.05) is 32.1 Å². The number of hydrogen-bond acceptors (Lipinski definition) is 4. The Hall–Kier alpha value is -0.940. The summed E-state index contributed by atoms with van der Waals surface area (Å²) >= 11 is 0. The second-order valence-electron chi connectivity index (χ2n) is 3.87. The molecule has 0 saturated carbocycles. The molecule has 0 amide bonds. The van der Waals surface area contributed by atoms with Gasteiger partial charge in [0.2, 0.25) is 0 Å². The summed E-state index contributed by atoms with van der Waals surface area (Å²) in [5, 5.41) is 17.4. The maximum Gasteiger partial charge on any atom is 0.159 e. The van der Waals surface area contributed by atoms with Crippen molar-refractivity contribution in [2.24, 2.45) is 5.92 Å². The normalized spacial score (nSPS) is 20.3. The van der Waals surface area contributed by atoms with Gasteiger partial charge >= 0.3 is 0 Å². The van der Waals surface area contributed by atoms with Gasteiger partial charge in [0.05, 0.1) is 0 Å². The lowest BCUT2D eigenvalue weighted by Gasteiger charge is -2.22. The van der Waals surface area contributed by atoms with Crippen LogP contribution in [0.15, 0.2) is 0 Å². The quantitative estimate of drug-likeness (QED) is 0.781. The standard InChI is InChI=1S/C10H17N3O2/c1-2-15-7-10-12-11-9-4-3-8(6-14)5-13(9)10/h8,14H,2-7H2,1H3. The summed E-state index contributed by atoms with van der Waals surface area (Å²) < 4.78 is 7.41. The summed E-state index contributed by atoms with van der Waals surface area (Å²) in [6.07, 6.45) is 1.91. The number of rotatable bonds is 4. The molecule has 0 aliphatic carbocycles. The van der Waals surface area contributed by atoms with Crippen molar-refractivity contribution in [1.82, 2.24) is 14.8 Å². The molecule has 0 spiro atoms. The van der Waals surface area contributed by atoms with E-state index in [4.69, 9.17) is 9.84 Å². The molecular weight excluding hydrogens is 194 g/mol. The molecule has 1 aromatic heterocycles. The largest absolute Gasteiger partial charge is 0.396 e. The van der Waals surface area contributed by atoms with E-state index in [1.807, 2.05) is 6.92 Å². The van der Waals surface area contributed by atoms with E-state index in [-0.39, 0.29) is 6.61 Å². The van der Waals surface area contributed by atoms with E-state index in [1.165, 1.54) is 0 Å². The molecule has 0 radical (unpaired) electrons. The van der Waals surface area contributed by atoms with Crippen molar-refractivity contribution in [1.29, 1.82) is 0 Å². The van der Waals surface area contributed by atoms with Gasteiger partial charge in [-0.1, -0.05) is 0 Å². The predicted octanol–water partition coefficient (Wildman–Crippen LogP) is 0.369. The van der Waals surface area contributed by atoms with E-state index in [9.17, 15) is 0 Å². The smallest absolute Gasteiger partial charge is 0.159 e. The first-order chi connectivity index (χ1) is 7.35. The van der Waals surface area contributed by atoms with Gasteiger partial charge in [-0.3, -0.25) is 0 Å².